The second-order valence-corrected chi connectivity index (χ2v) is 5.19. The van der Waals surface area contributed by atoms with E-state index in [4.69, 9.17) is 15.2 Å². The molecular formula is C15H23NO3. The normalized spacial score (nSPS) is 18.1. The predicted octanol–water partition coefficient (Wildman–Crippen LogP) is 2.99. The van der Waals surface area contributed by atoms with Crippen LogP contribution in [0.5, 0.6) is 17.2 Å². The average Bonchev–Trinajstić information content (AvgIpc) is 2.46. The van der Waals surface area contributed by atoms with Crippen LogP contribution in [0.3, 0.4) is 0 Å². The van der Waals surface area contributed by atoms with Gasteiger partial charge in [-0.05, 0) is 18.8 Å². The number of hydrogen-bond acceptors (Lipinski definition) is 4. The molecular weight excluding hydrogens is 242 g/mol. The van der Waals surface area contributed by atoms with Gasteiger partial charge in [-0.25, -0.2) is 0 Å². The molecule has 1 aromatic carbocycles. The smallest absolute Gasteiger partial charge is 0.131 e. The van der Waals surface area contributed by atoms with Crippen LogP contribution in [-0.2, 0) is 0 Å². The maximum absolute atomic E-state index is 9.67. The number of phenols is 1. The Kier molecular flexibility index (Phi) is 4.53. The molecule has 106 valence electrons. The maximum Gasteiger partial charge on any atom is 0.131 e. The van der Waals surface area contributed by atoms with Crippen molar-refractivity contribution in [3.8, 4) is 17.2 Å². The molecule has 0 heterocycles. The van der Waals surface area contributed by atoms with Gasteiger partial charge in [0, 0.05) is 18.2 Å². The van der Waals surface area contributed by atoms with Crippen molar-refractivity contribution >= 4 is 0 Å². The number of benzene rings is 1. The van der Waals surface area contributed by atoms with Crippen molar-refractivity contribution in [2.75, 3.05) is 14.2 Å². The Labute approximate surface area is 114 Å². The first kappa shape index (κ1) is 14.0. The quantitative estimate of drug-likeness (QED) is 0.878. The number of hydrogen-bond donors (Lipinski definition) is 2. The lowest BCUT2D eigenvalue weighted by atomic mass is 9.81. The Morgan fingerprint density at radius 2 is 1.63 bits per heavy atom. The van der Waals surface area contributed by atoms with Crippen LogP contribution in [0.2, 0.25) is 0 Å². The minimum Gasteiger partial charge on any atom is -0.508 e. The highest BCUT2D eigenvalue weighted by Gasteiger charge is 2.27. The summed E-state index contributed by atoms with van der Waals surface area (Å²) in [6.45, 7) is 0. The van der Waals surface area contributed by atoms with Crippen LogP contribution in [0.1, 0.15) is 43.7 Å². The lowest BCUT2D eigenvalue weighted by Crippen LogP contribution is -2.24. The number of methoxy groups -OCH3 is 2. The Balaban J connectivity index is 2.35. The van der Waals surface area contributed by atoms with E-state index in [1.165, 1.54) is 19.3 Å². The molecule has 0 spiro atoms. The molecule has 0 saturated heterocycles. The summed E-state index contributed by atoms with van der Waals surface area (Å²) in [5, 5.41) is 9.67. The second kappa shape index (κ2) is 6.15. The molecule has 2 rings (SSSR count). The van der Waals surface area contributed by atoms with E-state index in [0.29, 0.717) is 17.4 Å². The van der Waals surface area contributed by atoms with Crippen LogP contribution < -0.4 is 15.2 Å². The van der Waals surface area contributed by atoms with Gasteiger partial charge in [0.2, 0.25) is 0 Å². The monoisotopic (exact) mass is 265 g/mol. The van der Waals surface area contributed by atoms with Crippen molar-refractivity contribution in [3.63, 3.8) is 0 Å². The molecule has 0 bridgehead atoms. The summed E-state index contributed by atoms with van der Waals surface area (Å²) >= 11 is 0. The van der Waals surface area contributed by atoms with Crippen molar-refractivity contribution in [1.29, 1.82) is 0 Å². The lowest BCUT2D eigenvalue weighted by molar-refractivity contribution is 0.291. The summed E-state index contributed by atoms with van der Waals surface area (Å²) in [5.74, 6) is 1.80. The molecule has 3 N–H and O–H groups in total. The highest BCUT2D eigenvalue weighted by atomic mass is 16.5. The summed E-state index contributed by atoms with van der Waals surface area (Å²) in [5.41, 5.74) is 7.30. The maximum atomic E-state index is 9.67. The third-order valence-corrected chi connectivity index (χ3v) is 4.02. The molecule has 1 atom stereocenters. The Hall–Kier alpha value is -1.42. The molecule has 0 aromatic heterocycles. The van der Waals surface area contributed by atoms with Crippen molar-refractivity contribution in [2.45, 2.75) is 38.1 Å². The van der Waals surface area contributed by atoms with E-state index in [-0.39, 0.29) is 11.8 Å². The number of rotatable bonds is 4. The molecule has 1 saturated carbocycles. The zero-order chi connectivity index (χ0) is 13.8. The van der Waals surface area contributed by atoms with E-state index in [1.54, 1.807) is 26.4 Å². The van der Waals surface area contributed by atoms with Crippen molar-refractivity contribution < 1.29 is 14.6 Å². The van der Waals surface area contributed by atoms with E-state index in [1.807, 2.05) is 0 Å². The van der Waals surface area contributed by atoms with Crippen molar-refractivity contribution in [2.24, 2.45) is 11.7 Å². The topological polar surface area (TPSA) is 64.7 Å². The van der Waals surface area contributed by atoms with Gasteiger partial charge in [-0.1, -0.05) is 19.3 Å². The standard InChI is InChI=1S/C15H23NO3/c1-18-12-8-11(17)9-13(19-2)14(12)15(16)10-6-4-3-5-7-10/h8-10,15,17H,3-7,16H2,1-2H3/t15-/m0/s1. The zero-order valence-electron chi connectivity index (χ0n) is 11.7. The zero-order valence-corrected chi connectivity index (χ0v) is 11.7. The van der Waals surface area contributed by atoms with Gasteiger partial charge >= 0.3 is 0 Å². The molecule has 1 aliphatic carbocycles. The van der Waals surface area contributed by atoms with Gasteiger partial charge in [-0.15, -0.1) is 0 Å². The molecule has 0 radical (unpaired) electrons. The van der Waals surface area contributed by atoms with Gasteiger partial charge in [0.15, 0.2) is 0 Å². The Bertz CT molecular complexity index is 402. The minimum absolute atomic E-state index is 0.106. The Morgan fingerprint density at radius 3 is 2.11 bits per heavy atom. The van der Waals surface area contributed by atoms with Gasteiger partial charge in [-0.2, -0.15) is 0 Å². The van der Waals surface area contributed by atoms with E-state index in [0.717, 1.165) is 18.4 Å². The first-order valence-electron chi connectivity index (χ1n) is 6.87. The highest BCUT2D eigenvalue weighted by molar-refractivity contribution is 5.52. The largest absolute Gasteiger partial charge is 0.508 e. The molecule has 4 nitrogen and oxygen atoms in total. The lowest BCUT2D eigenvalue weighted by Gasteiger charge is -2.29. The summed E-state index contributed by atoms with van der Waals surface area (Å²) in [6.07, 6.45) is 6.07. The summed E-state index contributed by atoms with van der Waals surface area (Å²) in [6, 6.07) is 3.09. The fourth-order valence-electron chi connectivity index (χ4n) is 2.98. The first-order valence-corrected chi connectivity index (χ1v) is 6.87. The van der Waals surface area contributed by atoms with Crippen LogP contribution >= 0.6 is 0 Å². The first-order chi connectivity index (χ1) is 9.17. The predicted molar refractivity (Wildman–Crippen MR) is 74.7 cm³/mol. The van der Waals surface area contributed by atoms with Gasteiger partial charge in [-0.3, -0.25) is 0 Å². The van der Waals surface area contributed by atoms with E-state index < -0.39 is 0 Å². The number of aromatic hydroxyl groups is 1. The molecule has 1 aromatic rings. The summed E-state index contributed by atoms with van der Waals surface area (Å²) in [4.78, 5) is 0. The van der Waals surface area contributed by atoms with Crippen molar-refractivity contribution in [1.82, 2.24) is 0 Å². The molecule has 0 unspecified atom stereocenters. The van der Waals surface area contributed by atoms with Crippen LogP contribution in [0.4, 0.5) is 0 Å². The van der Waals surface area contributed by atoms with Crippen LogP contribution in [0.15, 0.2) is 12.1 Å². The van der Waals surface area contributed by atoms with E-state index in [9.17, 15) is 5.11 Å². The third kappa shape index (κ3) is 2.95. The van der Waals surface area contributed by atoms with E-state index >= 15 is 0 Å². The molecule has 4 heteroatoms. The van der Waals surface area contributed by atoms with Crippen LogP contribution in [-0.4, -0.2) is 19.3 Å². The van der Waals surface area contributed by atoms with Gasteiger partial charge < -0.3 is 20.3 Å². The van der Waals surface area contributed by atoms with Crippen LogP contribution in [0, 0.1) is 5.92 Å². The SMILES string of the molecule is COc1cc(O)cc(OC)c1[C@@H](N)C1CCCCC1. The second-order valence-electron chi connectivity index (χ2n) is 5.19. The van der Waals surface area contributed by atoms with Gasteiger partial charge in [0.1, 0.15) is 17.2 Å². The van der Waals surface area contributed by atoms with Gasteiger partial charge in [0.25, 0.3) is 0 Å². The number of ether oxygens (including phenoxy) is 2. The Morgan fingerprint density at radius 1 is 1.11 bits per heavy atom. The average molecular weight is 265 g/mol. The molecule has 1 aliphatic rings. The van der Waals surface area contributed by atoms with Gasteiger partial charge in [0.05, 0.1) is 19.8 Å². The fraction of sp³-hybridized carbons (Fsp3) is 0.600. The van der Waals surface area contributed by atoms with Crippen LogP contribution in [0.25, 0.3) is 0 Å². The number of phenolic OH excluding ortho intramolecular Hbond substituents is 1. The minimum atomic E-state index is -0.106. The number of nitrogens with two attached hydrogens (primary N) is 1. The fourth-order valence-corrected chi connectivity index (χ4v) is 2.98. The molecule has 1 fully saturated rings. The highest BCUT2D eigenvalue weighted by Crippen LogP contribution is 2.42. The summed E-state index contributed by atoms with van der Waals surface area (Å²) in [7, 11) is 3.18. The molecule has 0 aliphatic heterocycles. The molecule has 19 heavy (non-hydrogen) atoms. The summed E-state index contributed by atoms with van der Waals surface area (Å²) < 4.78 is 10.7. The van der Waals surface area contributed by atoms with Crippen molar-refractivity contribution in [3.05, 3.63) is 17.7 Å². The van der Waals surface area contributed by atoms with E-state index in [2.05, 4.69) is 0 Å². The third-order valence-electron chi connectivity index (χ3n) is 4.02. The molecule has 0 amide bonds.